The van der Waals surface area contributed by atoms with Crippen molar-refractivity contribution >= 4 is 68.9 Å². The minimum atomic E-state index is -0.308. The lowest BCUT2D eigenvalue weighted by molar-refractivity contribution is 0.0893. The first kappa shape index (κ1) is 32.6. The Bertz CT molecular complexity index is 2000. The first-order valence-electron chi connectivity index (χ1n) is 17.2. The molecule has 9 heteroatoms. The van der Waals surface area contributed by atoms with Gasteiger partial charge in [0.2, 0.25) is 0 Å². The van der Waals surface area contributed by atoms with Crippen LogP contribution in [0.5, 0.6) is 0 Å². The number of imide groups is 1. The van der Waals surface area contributed by atoms with Gasteiger partial charge in [0, 0.05) is 70.3 Å². The molecule has 1 atom stereocenters. The maximum absolute atomic E-state index is 13.8. The van der Waals surface area contributed by atoms with E-state index in [1.165, 1.54) is 16.2 Å². The van der Waals surface area contributed by atoms with E-state index in [0.717, 1.165) is 71.7 Å². The van der Waals surface area contributed by atoms with Crippen LogP contribution in [-0.2, 0) is 4.74 Å². The molecule has 3 aliphatic rings. The zero-order valence-corrected chi connectivity index (χ0v) is 29.4. The van der Waals surface area contributed by atoms with Crippen molar-refractivity contribution < 1.29 is 14.3 Å². The summed E-state index contributed by atoms with van der Waals surface area (Å²) in [5.74, 6) is 3.61. The quantitative estimate of drug-likeness (QED) is 0.171. The van der Waals surface area contributed by atoms with Crippen molar-refractivity contribution in [1.82, 2.24) is 0 Å². The first-order chi connectivity index (χ1) is 24.7. The fraction of sp³-hybridized carbons (Fsp3) is 0.244. The smallest absolute Gasteiger partial charge is 0.265 e. The van der Waals surface area contributed by atoms with Gasteiger partial charge in [-0.3, -0.25) is 14.6 Å². The van der Waals surface area contributed by atoms with Crippen LogP contribution in [0.15, 0.2) is 120 Å². The molecule has 50 heavy (non-hydrogen) atoms. The van der Waals surface area contributed by atoms with Crippen LogP contribution in [0, 0.1) is 0 Å². The normalized spacial score (nSPS) is 18.9. The van der Waals surface area contributed by atoms with Gasteiger partial charge in [0.15, 0.2) is 0 Å². The second kappa shape index (κ2) is 14.7. The number of para-hydroxylation sites is 2. The topological polar surface area (TPSA) is 65.5 Å². The van der Waals surface area contributed by atoms with Crippen LogP contribution in [0.1, 0.15) is 44.3 Å². The van der Waals surface area contributed by atoms with E-state index in [0.29, 0.717) is 28.6 Å². The van der Waals surface area contributed by atoms with E-state index in [1.54, 1.807) is 12.1 Å². The van der Waals surface area contributed by atoms with Crippen LogP contribution >= 0.6 is 23.5 Å². The number of hydrogen-bond donors (Lipinski definition) is 0. The molecule has 5 aromatic rings. The predicted molar refractivity (Wildman–Crippen MR) is 208 cm³/mol. The summed E-state index contributed by atoms with van der Waals surface area (Å²) in [6.45, 7) is 3.67. The van der Waals surface area contributed by atoms with Gasteiger partial charge in [-0.1, -0.05) is 66.7 Å². The molecular weight excluding hydrogens is 661 g/mol. The van der Waals surface area contributed by atoms with Gasteiger partial charge in [0.05, 0.1) is 36.3 Å². The average molecular weight is 699 g/mol. The highest BCUT2D eigenvalue weighted by Gasteiger charge is 2.36. The highest BCUT2D eigenvalue weighted by molar-refractivity contribution is 7.99. The number of carbonyl (C=O) groups excluding carboxylic acids is 2. The minimum absolute atomic E-state index is 0.0125. The van der Waals surface area contributed by atoms with Crippen molar-refractivity contribution in [1.29, 1.82) is 0 Å². The molecule has 1 fully saturated rings. The van der Waals surface area contributed by atoms with Crippen LogP contribution in [0.3, 0.4) is 0 Å². The Morgan fingerprint density at radius 1 is 0.600 bits per heavy atom. The molecule has 252 valence electrons. The second-order valence-corrected chi connectivity index (χ2v) is 15.0. The Morgan fingerprint density at radius 3 is 1.90 bits per heavy atom. The number of nitrogens with zero attached hydrogens (tertiary/aromatic N) is 4. The molecule has 7 nitrogen and oxygen atoms in total. The van der Waals surface area contributed by atoms with Gasteiger partial charge < -0.3 is 9.64 Å². The lowest BCUT2D eigenvalue weighted by Gasteiger charge is -2.27. The van der Waals surface area contributed by atoms with E-state index in [2.05, 4.69) is 46.3 Å². The van der Waals surface area contributed by atoms with E-state index in [-0.39, 0.29) is 17.9 Å². The zero-order chi connectivity index (χ0) is 33.9. The molecular formula is C41H38N4O3S2. The molecule has 0 N–H and O–H groups in total. The van der Waals surface area contributed by atoms with Gasteiger partial charge in [-0.25, -0.2) is 4.90 Å². The zero-order valence-electron chi connectivity index (χ0n) is 27.7. The van der Waals surface area contributed by atoms with Gasteiger partial charge in [-0.05, 0) is 59.5 Å². The maximum atomic E-state index is 13.8. The summed E-state index contributed by atoms with van der Waals surface area (Å²) in [4.78, 5) is 31.4. The number of amides is 2. The monoisotopic (exact) mass is 698 g/mol. The lowest BCUT2D eigenvalue weighted by atomic mass is 9.88. The summed E-state index contributed by atoms with van der Waals surface area (Å²) >= 11 is 3.91. The fourth-order valence-electron chi connectivity index (χ4n) is 7.08. The molecule has 8 rings (SSSR count). The van der Waals surface area contributed by atoms with Crippen molar-refractivity contribution in [3.63, 3.8) is 0 Å². The molecule has 3 aliphatic heterocycles. The summed E-state index contributed by atoms with van der Waals surface area (Å²) in [7, 11) is 0. The number of hydrazone groups is 1. The molecule has 0 spiro atoms. The number of rotatable bonds is 5. The number of anilines is 3. The van der Waals surface area contributed by atoms with E-state index in [1.807, 2.05) is 90.3 Å². The Labute approximate surface area is 301 Å². The van der Waals surface area contributed by atoms with Crippen LogP contribution < -0.4 is 14.8 Å². The van der Waals surface area contributed by atoms with E-state index >= 15 is 0 Å². The van der Waals surface area contributed by atoms with Gasteiger partial charge in [-0.2, -0.15) is 28.6 Å². The molecule has 0 aliphatic carbocycles. The molecule has 0 saturated carbocycles. The maximum Gasteiger partial charge on any atom is 0.265 e. The van der Waals surface area contributed by atoms with Crippen LogP contribution in [0.4, 0.5) is 17.1 Å². The molecule has 3 heterocycles. The van der Waals surface area contributed by atoms with Crippen LogP contribution in [0.2, 0.25) is 0 Å². The van der Waals surface area contributed by atoms with Crippen molar-refractivity contribution in [3.8, 4) is 0 Å². The van der Waals surface area contributed by atoms with Gasteiger partial charge >= 0.3 is 0 Å². The lowest BCUT2D eigenvalue weighted by Crippen LogP contribution is -2.40. The standard InChI is InChI=1S/C41H38N4O3S2/c46-40-35-13-7-12-34-33(18-19-36(39(34)35)41(47)44(40)31-8-3-1-4-9-31)37-28-38(45(42-37)32-10-5-2-6-11-32)29-14-16-30(17-15-29)43-20-24-49-26-22-48-23-27-50-25-21-43/h1-19,38H,20-28H2. The third-order valence-electron chi connectivity index (χ3n) is 9.56. The number of benzene rings is 5. The fourth-order valence-corrected chi connectivity index (χ4v) is 8.66. The molecule has 2 amide bonds. The number of carbonyl (C=O) groups is 2. The molecule has 5 aromatic carbocycles. The predicted octanol–water partition coefficient (Wildman–Crippen LogP) is 8.30. The summed E-state index contributed by atoms with van der Waals surface area (Å²) in [6, 6.07) is 38.1. The number of thioether (sulfide) groups is 2. The summed E-state index contributed by atoms with van der Waals surface area (Å²) in [6.07, 6.45) is 0.685. The van der Waals surface area contributed by atoms with Crippen molar-refractivity contribution in [2.75, 3.05) is 64.1 Å². The van der Waals surface area contributed by atoms with Crippen molar-refractivity contribution in [2.24, 2.45) is 5.10 Å². The Balaban J connectivity index is 1.11. The molecule has 0 radical (unpaired) electrons. The van der Waals surface area contributed by atoms with Crippen LogP contribution in [0.25, 0.3) is 10.8 Å². The minimum Gasteiger partial charge on any atom is -0.380 e. The molecule has 1 saturated heterocycles. The van der Waals surface area contributed by atoms with Gasteiger partial charge in [0.1, 0.15) is 0 Å². The molecule has 1 unspecified atom stereocenters. The molecule has 0 aromatic heterocycles. The van der Waals surface area contributed by atoms with Gasteiger partial charge in [-0.15, -0.1) is 0 Å². The Hall–Kier alpha value is -4.57. The van der Waals surface area contributed by atoms with Gasteiger partial charge in [0.25, 0.3) is 11.8 Å². The SMILES string of the molecule is O=C1c2cccc3c(C4=NN(c5ccccc5)C(c5ccc(N6CCSCCOCCSCC6)cc5)C4)ccc(c23)C(=O)N1c1ccccc1. The second-order valence-electron chi connectivity index (χ2n) is 12.5. The Morgan fingerprint density at radius 2 is 1.22 bits per heavy atom. The highest BCUT2D eigenvalue weighted by atomic mass is 32.2. The van der Waals surface area contributed by atoms with Crippen molar-refractivity contribution in [3.05, 3.63) is 138 Å². The van der Waals surface area contributed by atoms with E-state index in [9.17, 15) is 9.59 Å². The Kier molecular flexibility index (Phi) is 9.61. The van der Waals surface area contributed by atoms with E-state index in [4.69, 9.17) is 9.84 Å². The highest BCUT2D eigenvalue weighted by Crippen LogP contribution is 2.40. The third kappa shape index (κ3) is 6.41. The van der Waals surface area contributed by atoms with Crippen molar-refractivity contribution in [2.45, 2.75) is 12.5 Å². The summed E-state index contributed by atoms with van der Waals surface area (Å²) < 4.78 is 5.73. The summed E-state index contributed by atoms with van der Waals surface area (Å²) in [5, 5.41) is 8.95. The largest absolute Gasteiger partial charge is 0.380 e. The van der Waals surface area contributed by atoms with Crippen LogP contribution in [-0.4, -0.2) is 66.8 Å². The molecule has 0 bridgehead atoms. The average Bonchev–Trinajstić information content (AvgIpc) is 3.60. The summed E-state index contributed by atoms with van der Waals surface area (Å²) in [5.41, 5.74) is 6.95. The number of hydrogen-bond acceptors (Lipinski definition) is 8. The number of ether oxygens (including phenoxy) is 1. The van der Waals surface area contributed by atoms with E-state index < -0.39 is 0 Å². The first-order valence-corrected chi connectivity index (χ1v) is 19.5. The third-order valence-corrected chi connectivity index (χ3v) is 11.4.